The molecule has 8 atom stereocenters. The van der Waals surface area contributed by atoms with Gasteiger partial charge in [-0.25, -0.2) is 9.69 Å². The summed E-state index contributed by atoms with van der Waals surface area (Å²) in [5.74, 6) is -5.93. The first-order valence-electron chi connectivity index (χ1n) is 14.0. The van der Waals surface area contributed by atoms with Crippen molar-refractivity contribution in [3.05, 3.63) is 34.5 Å². The second-order valence-electron chi connectivity index (χ2n) is 12.4. The summed E-state index contributed by atoms with van der Waals surface area (Å²) in [6.45, 7) is 8.56. The van der Waals surface area contributed by atoms with E-state index in [0.29, 0.717) is 12.0 Å². The van der Waals surface area contributed by atoms with Gasteiger partial charge >= 0.3 is 5.97 Å². The van der Waals surface area contributed by atoms with Crippen molar-refractivity contribution < 1.29 is 43.9 Å². The maximum atomic E-state index is 14.3. The maximum absolute atomic E-state index is 14.3. The van der Waals surface area contributed by atoms with E-state index in [2.05, 4.69) is 5.32 Å². The number of phenols is 1. The number of esters is 1. The molecule has 0 aromatic heterocycles. The predicted molar refractivity (Wildman–Crippen MR) is 144 cm³/mol. The molecule has 0 saturated carbocycles. The number of rotatable bonds is 10. The molecule has 1 aromatic carbocycles. The van der Waals surface area contributed by atoms with Crippen molar-refractivity contribution in [3.8, 4) is 5.75 Å². The van der Waals surface area contributed by atoms with Crippen LogP contribution >= 0.6 is 0 Å². The van der Waals surface area contributed by atoms with E-state index in [1.54, 1.807) is 12.1 Å². The number of aliphatic hydroxyl groups excluding tert-OH is 1. The van der Waals surface area contributed by atoms with Gasteiger partial charge in [-0.15, -0.1) is 0 Å². The Morgan fingerprint density at radius 2 is 1.90 bits per heavy atom. The van der Waals surface area contributed by atoms with Crippen molar-refractivity contribution in [2.24, 2.45) is 17.6 Å². The van der Waals surface area contributed by atoms with Gasteiger partial charge < -0.3 is 41.0 Å². The number of fused-ring (bicyclic) bond motifs is 3. The van der Waals surface area contributed by atoms with Crippen molar-refractivity contribution >= 4 is 23.7 Å². The number of phenolic OH excluding ortho intramolecular Hbond substituents is 1. The molecule has 226 valence electrons. The lowest BCUT2D eigenvalue weighted by Gasteiger charge is -2.51. The number of benzene rings is 1. The number of aromatic hydroxyl groups is 1. The highest BCUT2D eigenvalue weighted by molar-refractivity contribution is 5.95. The molecule has 3 heterocycles. The van der Waals surface area contributed by atoms with Crippen molar-refractivity contribution in [3.63, 3.8) is 0 Å². The summed E-state index contributed by atoms with van der Waals surface area (Å²) in [5.41, 5.74) is 6.04. The van der Waals surface area contributed by atoms with Crippen molar-refractivity contribution in [2.75, 3.05) is 0 Å². The molecule has 2 bridgehead atoms. The first-order chi connectivity index (χ1) is 19.0. The summed E-state index contributed by atoms with van der Waals surface area (Å²) in [6.07, 6.45) is -2.75. The summed E-state index contributed by atoms with van der Waals surface area (Å²) < 4.78 is 4.07. The molecule has 13 nitrogen and oxygen atoms in total. The van der Waals surface area contributed by atoms with Gasteiger partial charge in [0, 0.05) is 19.8 Å². The van der Waals surface area contributed by atoms with Crippen molar-refractivity contribution in [1.29, 1.82) is 0 Å². The third kappa shape index (κ3) is 5.05. The minimum atomic E-state index is -2.34. The van der Waals surface area contributed by atoms with Gasteiger partial charge in [0.1, 0.15) is 29.5 Å². The highest BCUT2D eigenvalue weighted by Crippen LogP contribution is 2.52. The van der Waals surface area contributed by atoms with Crippen LogP contribution in [-0.2, 0) is 25.5 Å². The van der Waals surface area contributed by atoms with Crippen LogP contribution < -0.4 is 11.1 Å². The van der Waals surface area contributed by atoms with E-state index in [1.165, 1.54) is 6.07 Å². The second-order valence-corrected chi connectivity index (χ2v) is 12.4. The van der Waals surface area contributed by atoms with Gasteiger partial charge in [-0.3, -0.25) is 14.4 Å². The molecule has 0 spiro atoms. The number of nitrogens with zero attached hydrogens (tertiary/aromatic N) is 2. The number of carbonyl (C=O) groups is 4. The highest BCUT2D eigenvalue weighted by atomic mass is 16.6. The van der Waals surface area contributed by atoms with Crippen LogP contribution in [0, 0.1) is 17.0 Å². The van der Waals surface area contributed by atoms with Crippen molar-refractivity contribution in [2.45, 2.75) is 103 Å². The molecule has 0 radical (unpaired) electrons. The number of primary amides is 1. The third-order valence-electron chi connectivity index (χ3n) is 8.50. The number of cyclic esters (lactones) is 1. The predicted octanol–water partition coefficient (Wildman–Crippen LogP) is 0.229. The molecule has 3 aliphatic rings. The molecule has 41 heavy (non-hydrogen) atoms. The van der Waals surface area contributed by atoms with E-state index < -0.39 is 77.0 Å². The Hall–Kier alpha value is -3.26. The first kappa shape index (κ1) is 30.7. The topological polar surface area (TPSA) is 203 Å². The van der Waals surface area contributed by atoms with E-state index in [-0.39, 0.29) is 36.0 Å². The van der Waals surface area contributed by atoms with E-state index in [0.717, 1.165) is 11.8 Å². The monoisotopic (exact) mass is 576 g/mol. The van der Waals surface area contributed by atoms with Gasteiger partial charge in [0.05, 0.1) is 12.5 Å². The Labute approximate surface area is 238 Å². The first-order valence-corrected chi connectivity index (χ1v) is 14.0. The molecule has 1 unspecified atom stereocenters. The number of ether oxygens (including phenoxy) is 1. The fraction of sp³-hybridized carbons (Fsp3) is 0.643. The number of piperazine rings is 1. The summed E-state index contributed by atoms with van der Waals surface area (Å²) in [7, 11) is 0. The van der Waals surface area contributed by atoms with Gasteiger partial charge in [-0.2, -0.15) is 0 Å². The van der Waals surface area contributed by atoms with Gasteiger partial charge in [0.25, 0.3) is 17.7 Å². The van der Waals surface area contributed by atoms with Crippen LogP contribution in [0.2, 0.25) is 0 Å². The fourth-order valence-electron chi connectivity index (χ4n) is 6.79. The normalized spacial score (nSPS) is 32.2. The minimum Gasteiger partial charge on any atom is -0.628 e. The fourth-order valence-corrected chi connectivity index (χ4v) is 6.79. The molecule has 3 aliphatic heterocycles. The molecule has 2 saturated heterocycles. The summed E-state index contributed by atoms with van der Waals surface area (Å²) in [5, 5.41) is 49.8. The Morgan fingerprint density at radius 3 is 2.49 bits per heavy atom. The quantitative estimate of drug-likeness (QED) is 0.147. The lowest BCUT2D eigenvalue weighted by molar-refractivity contribution is -0.973. The number of hydroxylamine groups is 3. The maximum Gasteiger partial charge on any atom is 0.342 e. The smallest absolute Gasteiger partial charge is 0.342 e. The van der Waals surface area contributed by atoms with Crippen LogP contribution in [0.15, 0.2) is 18.2 Å². The van der Waals surface area contributed by atoms with Gasteiger partial charge in [0.2, 0.25) is 5.91 Å². The number of nitrogens with two attached hydrogens (primary N) is 1. The minimum absolute atomic E-state index is 0.0243. The summed E-state index contributed by atoms with van der Waals surface area (Å²) in [4.78, 5) is 52.5. The molecule has 3 amide bonds. The molecule has 6 N–H and O–H groups in total. The molecule has 0 aliphatic carbocycles. The van der Waals surface area contributed by atoms with Gasteiger partial charge in [0.15, 0.2) is 12.1 Å². The number of amides is 3. The molecule has 1 aromatic rings. The molecule has 13 heteroatoms. The van der Waals surface area contributed by atoms with E-state index in [4.69, 9.17) is 10.5 Å². The standard InChI is InChI=1S/C28H40N4O9/c1-13(2)9-16(20-11-15-7-6-8-19(33)22(15)27(38)41-20)30-25(36)24(35)23-17(12-21(29)34)32(40)18(10-14(3)4)26(37)31(23)28(32,5)39/h6-8,13-14,16-18,20,23-24,33,35,39H,9-12H2,1-5H3,(H2,29,34)(H,30,36)/t16-,17+,18-,20-,23+,24-,28-,32?/m0/s1. The van der Waals surface area contributed by atoms with E-state index in [1.807, 2.05) is 27.7 Å². The number of hydrogen-bond donors (Lipinski definition) is 5. The highest BCUT2D eigenvalue weighted by Gasteiger charge is 2.76. The lowest BCUT2D eigenvalue weighted by atomic mass is 9.89. The molecule has 2 fully saturated rings. The SMILES string of the molecule is CC(C)C[C@H](NC(=O)[C@@H](O)[C@H]1[C@@H](CC(N)=O)[N+]2([O-])[C@@H](CC(C)C)C(=O)N1[C@]2(C)O)[C@@H]1Cc2cccc(O)c2C(=O)O1. The Kier molecular flexibility index (Phi) is 8.13. The number of carbonyl (C=O) groups excluding carboxylic acids is 4. The average molecular weight is 577 g/mol. The molecular formula is C28H40N4O9. The van der Waals surface area contributed by atoms with Gasteiger partial charge in [-0.05, 0) is 29.9 Å². The number of hydrogen-bond acceptors (Lipinski definition) is 9. The molecular weight excluding hydrogens is 536 g/mol. The summed E-state index contributed by atoms with van der Waals surface area (Å²) in [6, 6.07) is -0.282. The zero-order valence-corrected chi connectivity index (χ0v) is 23.9. The van der Waals surface area contributed by atoms with Gasteiger partial charge in [-0.1, -0.05) is 39.8 Å². The Bertz CT molecular complexity index is 1230. The average Bonchev–Trinajstić information content (AvgIpc) is 3.11. The number of aliphatic hydroxyl groups is 2. The third-order valence-corrected chi connectivity index (χ3v) is 8.50. The van der Waals surface area contributed by atoms with Crippen LogP contribution in [0.5, 0.6) is 5.75 Å². The summed E-state index contributed by atoms with van der Waals surface area (Å²) >= 11 is 0. The second kappa shape index (κ2) is 10.9. The number of nitrogens with one attached hydrogen (secondary N) is 1. The zero-order chi connectivity index (χ0) is 30.6. The van der Waals surface area contributed by atoms with Crippen LogP contribution in [-0.4, -0.2) is 90.8 Å². The largest absolute Gasteiger partial charge is 0.628 e. The Morgan fingerprint density at radius 1 is 1.24 bits per heavy atom. The van der Waals surface area contributed by atoms with E-state index >= 15 is 0 Å². The van der Waals surface area contributed by atoms with Crippen LogP contribution in [0.4, 0.5) is 0 Å². The van der Waals surface area contributed by atoms with Crippen LogP contribution in [0.3, 0.4) is 0 Å². The number of quaternary nitrogens is 1. The Balaban J connectivity index is 1.63. The zero-order valence-electron chi connectivity index (χ0n) is 23.9. The lowest BCUT2D eigenvalue weighted by Crippen LogP contribution is -2.67. The van der Waals surface area contributed by atoms with E-state index in [9.17, 15) is 39.7 Å². The van der Waals surface area contributed by atoms with Crippen LogP contribution in [0.25, 0.3) is 0 Å². The van der Waals surface area contributed by atoms with Crippen LogP contribution in [0.1, 0.15) is 69.8 Å². The molecule has 4 rings (SSSR count). The van der Waals surface area contributed by atoms with Crippen molar-refractivity contribution in [1.82, 2.24) is 10.2 Å².